The Labute approximate surface area is 253 Å². The molecule has 0 aromatic carbocycles. The fourth-order valence-electron chi connectivity index (χ4n) is 5.66. The Morgan fingerprint density at radius 2 is 1.95 bits per heavy atom. The number of aliphatic hydroxyl groups is 3. The summed E-state index contributed by atoms with van der Waals surface area (Å²) in [6.07, 6.45) is -0.370. The maximum Gasteiger partial charge on any atom is 0.519 e. The molecule has 2 aromatic heterocycles. The number of ether oxygens (including phenoxy) is 2. The first-order chi connectivity index (χ1) is 20.5. The Morgan fingerprint density at radius 3 is 2.60 bits per heavy atom. The number of carbonyl (C=O) groups excluding carboxylic acids is 2. The van der Waals surface area contributed by atoms with Crippen LogP contribution in [-0.4, -0.2) is 102 Å². The number of aliphatic hydroxyl groups excluding tert-OH is 3. The van der Waals surface area contributed by atoms with E-state index < -0.39 is 65.8 Å². The number of aryl methyl sites for hydroxylation is 2. The molecule has 4 N–H and O–H groups in total. The van der Waals surface area contributed by atoms with Crippen molar-refractivity contribution in [2.75, 3.05) is 6.54 Å². The van der Waals surface area contributed by atoms with Crippen molar-refractivity contribution in [2.45, 2.75) is 114 Å². The van der Waals surface area contributed by atoms with E-state index in [1.807, 2.05) is 0 Å². The van der Waals surface area contributed by atoms with Crippen LogP contribution in [0.1, 0.15) is 57.5 Å². The molecule has 2 amide bonds. The van der Waals surface area contributed by atoms with Crippen molar-refractivity contribution in [3.05, 3.63) is 34.5 Å². The molecule has 0 aliphatic carbocycles. The highest BCUT2D eigenvalue weighted by atomic mass is 35.5. The van der Waals surface area contributed by atoms with Crippen molar-refractivity contribution < 1.29 is 43.2 Å². The van der Waals surface area contributed by atoms with Crippen molar-refractivity contribution in [3.63, 3.8) is 0 Å². The molecule has 16 heteroatoms. The van der Waals surface area contributed by atoms with Gasteiger partial charge in [-0.15, -0.1) is 16.7 Å². The summed E-state index contributed by atoms with van der Waals surface area (Å²) in [6, 6.07) is -1.91. The van der Waals surface area contributed by atoms with Gasteiger partial charge in [0, 0.05) is 19.3 Å². The number of likely N-dealkylation sites (tertiary alicyclic amines) is 1. The highest BCUT2D eigenvalue weighted by Crippen LogP contribution is 2.29. The van der Waals surface area contributed by atoms with Gasteiger partial charge in [-0.25, -0.2) is 9.59 Å². The monoisotopic (exact) mass is 629 g/mol. The van der Waals surface area contributed by atoms with Crippen LogP contribution in [0.2, 0.25) is 0 Å². The third kappa shape index (κ3) is 8.15. The largest absolute Gasteiger partial charge is 0.519 e. The van der Waals surface area contributed by atoms with Gasteiger partial charge in [0.2, 0.25) is 5.91 Å². The van der Waals surface area contributed by atoms with E-state index in [2.05, 4.69) is 15.6 Å². The zero-order valence-corrected chi connectivity index (χ0v) is 25.1. The van der Waals surface area contributed by atoms with Gasteiger partial charge in [-0.1, -0.05) is 5.21 Å². The summed E-state index contributed by atoms with van der Waals surface area (Å²) in [5.74, 6) is -0.983. The highest BCUT2D eigenvalue weighted by Gasteiger charge is 2.47. The van der Waals surface area contributed by atoms with Crippen molar-refractivity contribution in [3.8, 4) is 0 Å². The number of halogens is 1. The lowest BCUT2D eigenvalue weighted by Crippen LogP contribution is -2.65. The molecular weight excluding hydrogens is 590 g/mol. The average molecular weight is 630 g/mol. The lowest BCUT2D eigenvalue weighted by molar-refractivity contribution is -0.223. The molecule has 240 valence electrons. The standard InChI is InChI=1S/C27H40ClN5O10/c1-14(28)20(24-23(36)22(35)21(34)16(3)41-24)30-25(37)18-7-6-17(5-4-10-32-12-9-29-31-32)8-11-33(18)26(38)40-13-19-15(2)42-27(39)43-19/h9,12,14,16-18,20-24,34-36H,4-8,10-11,13H2,1-3H3,(H,30,37)/t14-,16+,17-,18-,20+,21-,22+,23+,24+/m0/s1. The minimum Gasteiger partial charge on any atom is -0.441 e. The summed E-state index contributed by atoms with van der Waals surface area (Å²) >= 11 is 6.43. The van der Waals surface area contributed by atoms with E-state index in [0.29, 0.717) is 25.8 Å². The third-order valence-electron chi connectivity index (χ3n) is 8.22. The number of carbonyl (C=O) groups is 2. The first-order valence-electron chi connectivity index (χ1n) is 14.5. The SMILES string of the molecule is Cc1oc(=O)oc1COC(=O)N1CC[C@@H](CCCn2ccnn2)CC[C@H]1C(=O)N[C@@H]([C@H]1O[C@H](C)[C@H](O)[C@@H](O)[C@H]1O)[C@H](C)Cl. The summed E-state index contributed by atoms with van der Waals surface area (Å²) in [5, 5.41) is 41.0. The Hall–Kier alpha value is -2.98. The second kappa shape index (κ2) is 14.7. The van der Waals surface area contributed by atoms with Gasteiger partial charge < -0.3 is 38.9 Å². The van der Waals surface area contributed by atoms with E-state index in [4.69, 9.17) is 29.9 Å². The number of nitrogens with zero attached hydrogens (tertiary/aromatic N) is 4. The molecule has 9 atom stereocenters. The van der Waals surface area contributed by atoms with Crippen molar-refractivity contribution in [1.82, 2.24) is 25.2 Å². The molecule has 43 heavy (non-hydrogen) atoms. The predicted molar refractivity (Wildman–Crippen MR) is 149 cm³/mol. The molecule has 2 aliphatic rings. The Bertz CT molecular complexity index is 1250. The molecular formula is C27H40ClN5O10. The van der Waals surface area contributed by atoms with E-state index in [-0.39, 0.29) is 30.6 Å². The fraction of sp³-hybridized carbons (Fsp3) is 0.741. The zero-order valence-electron chi connectivity index (χ0n) is 24.4. The zero-order chi connectivity index (χ0) is 31.3. The number of aromatic nitrogens is 3. The Morgan fingerprint density at radius 1 is 1.19 bits per heavy atom. The first kappa shape index (κ1) is 32.9. The molecule has 4 rings (SSSR count). The molecule has 15 nitrogen and oxygen atoms in total. The Balaban J connectivity index is 1.48. The highest BCUT2D eigenvalue weighted by molar-refractivity contribution is 6.21. The van der Waals surface area contributed by atoms with Gasteiger partial charge in [0.05, 0.1) is 23.7 Å². The van der Waals surface area contributed by atoms with Crippen molar-refractivity contribution >= 4 is 23.6 Å². The van der Waals surface area contributed by atoms with Gasteiger partial charge in [-0.05, 0) is 58.8 Å². The number of amides is 2. The summed E-state index contributed by atoms with van der Waals surface area (Å²) in [6.45, 7) is 5.22. The summed E-state index contributed by atoms with van der Waals surface area (Å²) in [7, 11) is 0. The van der Waals surface area contributed by atoms with E-state index >= 15 is 0 Å². The lowest BCUT2D eigenvalue weighted by Gasteiger charge is -2.43. The van der Waals surface area contributed by atoms with E-state index in [0.717, 1.165) is 12.8 Å². The maximum absolute atomic E-state index is 13.8. The van der Waals surface area contributed by atoms with Crippen LogP contribution in [0.25, 0.3) is 0 Å². The van der Waals surface area contributed by atoms with Crippen LogP contribution in [-0.2, 0) is 27.4 Å². The van der Waals surface area contributed by atoms with Crippen molar-refractivity contribution in [1.29, 1.82) is 0 Å². The van der Waals surface area contributed by atoms with Crippen molar-refractivity contribution in [2.24, 2.45) is 5.92 Å². The van der Waals surface area contributed by atoms with Gasteiger partial charge in [0.25, 0.3) is 0 Å². The van der Waals surface area contributed by atoms with Crippen LogP contribution in [0.3, 0.4) is 0 Å². The van der Waals surface area contributed by atoms with E-state index in [9.17, 15) is 29.7 Å². The summed E-state index contributed by atoms with van der Waals surface area (Å²) in [4.78, 5) is 39.9. The number of hydrogen-bond acceptors (Lipinski definition) is 12. The van der Waals surface area contributed by atoms with Crippen LogP contribution in [0.15, 0.2) is 26.0 Å². The molecule has 0 spiro atoms. The quantitative estimate of drug-likeness (QED) is 0.268. The predicted octanol–water partition coefficient (Wildman–Crippen LogP) is 0.703. The normalized spacial score (nSPS) is 29.5. The molecule has 4 heterocycles. The second-order valence-corrected chi connectivity index (χ2v) is 11.9. The topological polar surface area (TPSA) is 203 Å². The molecule has 2 saturated heterocycles. The average Bonchev–Trinajstić information content (AvgIpc) is 3.54. The van der Waals surface area contributed by atoms with Gasteiger partial charge in [0.1, 0.15) is 30.5 Å². The molecule has 0 bridgehead atoms. The minimum atomic E-state index is -1.52. The molecule has 2 aliphatic heterocycles. The van der Waals surface area contributed by atoms with E-state index in [1.54, 1.807) is 30.9 Å². The number of nitrogens with one attached hydrogen (secondary N) is 1. The first-order valence-corrected chi connectivity index (χ1v) is 14.9. The summed E-state index contributed by atoms with van der Waals surface area (Å²) in [5.41, 5.74) is 0. The fourth-order valence-corrected chi connectivity index (χ4v) is 5.87. The number of alkyl halides is 1. The molecule has 2 aromatic rings. The lowest BCUT2D eigenvalue weighted by atomic mass is 9.90. The van der Waals surface area contributed by atoms with Crippen LogP contribution in [0.4, 0.5) is 4.79 Å². The van der Waals surface area contributed by atoms with Gasteiger partial charge in [-0.3, -0.25) is 14.4 Å². The van der Waals surface area contributed by atoms with Crippen LogP contribution in [0, 0.1) is 12.8 Å². The van der Waals surface area contributed by atoms with Gasteiger partial charge in [-0.2, -0.15) is 0 Å². The number of rotatable bonds is 10. The summed E-state index contributed by atoms with van der Waals surface area (Å²) < 4.78 is 22.7. The molecule has 0 saturated carbocycles. The Kier molecular flexibility index (Phi) is 11.2. The van der Waals surface area contributed by atoms with Gasteiger partial charge in [0.15, 0.2) is 18.1 Å². The van der Waals surface area contributed by atoms with Gasteiger partial charge >= 0.3 is 11.9 Å². The third-order valence-corrected chi connectivity index (χ3v) is 8.49. The van der Waals surface area contributed by atoms with Crippen LogP contribution >= 0.6 is 11.6 Å². The molecule has 0 radical (unpaired) electrons. The number of hydrogen-bond donors (Lipinski definition) is 4. The second-order valence-electron chi connectivity index (χ2n) is 11.2. The maximum atomic E-state index is 13.8. The minimum absolute atomic E-state index is 0.0643. The molecule has 0 unspecified atom stereocenters. The smallest absolute Gasteiger partial charge is 0.441 e. The molecule has 2 fully saturated rings. The van der Waals surface area contributed by atoms with Crippen LogP contribution < -0.4 is 11.1 Å². The van der Waals surface area contributed by atoms with E-state index in [1.165, 1.54) is 11.8 Å². The van der Waals surface area contributed by atoms with Crippen LogP contribution in [0.5, 0.6) is 0 Å².